The van der Waals surface area contributed by atoms with Crippen molar-refractivity contribution in [3.05, 3.63) is 96.3 Å². The maximum absolute atomic E-state index is 13.6. The number of carbonyl (C=O) groups is 3. The molecular weight excluding hydrogens is 542 g/mol. The van der Waals surface area contributed by atoms with Crippen LogP contribution in [0.2, 0.25) is 0 Å². The van der Waals surface area contributed by atoms with Crippen molar-refractivity contribution in [1.29, 1.82) is 0 Å². The largest absolute Gasteiger partial charge is 0.491 e. The van der Waals surface area contributed by atoms with Gasteiger partial charge in [0, 0.05) is 50.1 Å². The molecule has 0 unspecified atom stereocenters. The van der Waals surface area contributed by atoms with Gasteiger partial charge in [0.1, 0.15) is 12.4 Å². The number of ether oxygens (including phenoxy) is 1. The Morgan fingerprint density at radius 2 is 1.65 bits per heavy atom. The Bertz CT molecular complexity index is 1550. The van der Waals surface area contributed by atoms with Crippen LogP contribution in [-0.2, 0) is 16.1 Å². The van der Waals surface area contributed by atoms with Gasteiger partial charge >= 0.3 is 0 Å². The normalized spacial score (nSPS) is 14.9. The van der Waals surface area contributed by atoms with Gasteiger partial charge in [-0.2, -0.15) is 0 Å². The van der Waals surface area contributed by atoms with Crippen molar-refractivity contribution in [2.24, 2.45) is 0 Å². The van der Waals surface area contributed by atoms with Gasteiger partial charge in [-0.25, -0.2) is 4.98 Å². The van der Waals surface area contributed by atoms with Gasteiger partial charge in [-0.1, -0.05) is 72.3 Å². The van der Waals surface area contributed by atoms with Crippen molar-refractivity contribution in [1.82, 2.24) is 25.1 Å². The van der Waals surface area contributed by atoms with E-state index in [2.05, 4.69) is 10.6 Å². The third-order valence-electron chi connectivity index (χ3n) is 7.41. The van der Waals surface area contributed by atoms with Crippen molar-refractivity contribution < 1.29 is 19.1 Å². The highest BCUT2D eigenvalue weighted by atomic mass is 16.5. The fourth-order valence-corrected chi connectivity index (χ4v) is 5.21. The van der Waals surface area contributed by atoms with Crippen LogP contribution in [0.25, 0.3) is 22.5 Å². The Morgan fingerprint density at radius 1 is 0.907 bits per heavy atom. The summed E-state index contributed by atoms with van der Waals surface area (Å²) < 4.78 is 7.82. The maximum atomic E-state index is 13.6. The summed E-state index contributed by atoms with van der Waals surface area (Å²) in [4.78, 5) is 45.5. The van der Waals surface area contributed by atoms with Gasteiger partial charge < -0.3 is 24.8 Å². The average Bonchev–Trinajstić information content (AvgIpc) is 3.46. The zero-order valence-electron chi connectivity index (χ0n) is 24.4. The molecule has 1 aromatic heterocycles. The number of nitrogens with zero attached hydrogens (tertiary/aromatic N) is 3. The second-order valence-electron chi connectivity index (χ2n) is 10.6. The smallest absolute Gasteiger partial charge is 0.255 e. The zero-order chi connectivity index (χ0) is 30.0. The molecular formula is C34H37N5O4. The predicted octanol–water partition coefficient (Wildman–Crippen LogP) is 4.46. The van der Waals surface area contributed by atoms with Crippen LogP contribution in [0.5, 0.6) is 5.75 Å². The highest BCUT2D eigenvalue weighted by molar-refractivity contribution is 5.97. The van der Waals surface area contributed by atoms with E-state index in [1.54, 1.807) is 23.4 Å². The molecule has 222 valence electrons. The topological polar surface area (TPSA) is 106 Å². The molecule has 43 heavy (non-hydrogen) atoms. The van der Waals surface area contributed by atoms with Crippen LogP contribution in [0, 0.1) is 6.92 Å². The quantitative estimate of drug-likeness (QED) is 0.363. The zero-order valence-corrected chi connectivity index (χ0v) is 24.4. The van der Waals surface area contributed by atoms with E-state index >= 15 is 0 Å². The molecule has 1 aliphatic rings. The van der Waals surface area contributed by atoms with E-state index in [9.17, 15) is 14.4 Å². The minimum atomic E-state index is -0.260. The van der Waals surface area contributed by atoms with Crippen molar-refractivity contribution >= 4 is 17.7 Å². The van der Waals surface area contributed by atoms with Gasteiger partial charge in [0.2, 0.25) is 11.8 Å². The molecule has 0 fully saturated rings. The molecule has 3 aromatic carbocycles. The summed E-state index contributed by atoms with van der Waals surface area (Å²) in [6.07, 6.45) is 2.85. The number of hydrogen-bond donors (Lipinski definition) is 2. The number of aryl methyl sites for hydroxylation is 2. The van der Waals surface area contributed by atoms with E-state index in [1.807, 2.05) is 78.2 Å². The molecule has 0 aliphatic carbocycles. The fraction of sp³-hybridized carbons (Fsp3) is 0.294. The van der Waals surface area contributed by atoms with Crippen LogP contribution in [0.15, 0.2) is 85.2 Å². The predicted molar refractivity (Wildman–Crippen MR) is 166 cm³/mol. The number of amides is 3. The molecule has 3 amide bonds. The molecule has 5 rings (SSSR count). The van der Waals surface area contributed by atoms with Crippen molar-refractivity contribution in [2.45, 2.75) is 32.7 Å². The second-order valence-corrected chi connectivity index (χ2v) is 10.6. The van der Waals surface area contributed by atoms with Crippen LogP contribution in [0.4, 0.5) is 0 Å². The van der Waals surface area contributed by atoms with E-state index in [0.717, 1.165) is 28.1 Å². The second kappa shape index (κ2) is 14.3. The SMILES string of the molecule is Cc1ccc2c(c1)C(=O)NCCN(C(=O)CCn1cnc(-c3ccccc3)c1-c1ccccc1)CCCC(=O)NCCO2. The van der Waals surface area contributed by atoms with E-state index < -0.39 is 0 Å². The first-order valence-corrected chi connectivity index (χ1v) is 14.7. The molecule has 9 nitrogen and oxygen atoms in total. The van der Waals surface area contributed by atoms with E-state index in [4.69, 9.17) is 9.72 Å². The van der Waals surface area contributed by atoms with Crippen molar-refractivity contribution in [2.75, 3.05) is 32.8 Å². The number of rotatable bonds is 5. The summed E-state index contributed by atoms with van der Waals surface area (Å²) in [7, 11) is 0. The third kappa shape index (κ3) is 7.68. The van der Waals surface area contributed by atoms with Gasteiger partial charge in [-0.05, 0) is 25.5 Å². The molecule has 0 radical (unpaired) electrons. The number of aromatic nitrogens is 2. The first-order valence-electron chi connectivity index (χ1n) is 14.7. The lowest BCUT2D eigenvalue weighted by molar-refractivity contribution is -0.132. The fourth-order valence-electron chi connectivity index (χ4n) is 5.21. The monoisotopic (exact) mass is 579 g/mol. The lowest BCUT2D eigenvalue weighted by atomic mass is 10.0. The summed E-state index contributed by atoms with van der Waals surface area (Å²) in [5.41, 5.74) is 5.22. The van der Waals surface area contributed by atoms with Gasteiger partial charge in [0.15, 0.2) is 0 Å². The van der Waals surface area contributed by atoms with Gasteiger partial charge in [-0.15, -0.1) is 0 Å². The van der Waals surface area contributed by atoms with Gasteiger partial charge in [0.25, 0.3) is 5.91 Å². The number of hydrogen-bond acceptors (Lipinski definition) is 5. The molecule has 0 saturated carbocycles. The standard InChI is InChI=1S/C34H37N5O4/c1-25-14-15-29-28(23-25)34(42)36-17-21-38(19-8-13-30(40)35-18-22-43-29)31(41)16-20-39-24-37-32(26-9-4-2-5-10-26)33(39)27-11-6-3-7-12-27/h2-7,9-12,14-15,23-24H,8,13,16-22H2,1H3,(H,35,40)(H,36,42). The van der Waals surface area contributed by atoms with Crippen LogP contribution >= 0.6 is 0 Å². The van der Waals surface area contributed by atoms with Crippen LogP contribution in [0.1, 0.15) is 35.2 Å². The van der Waals surface area contributed by atoms with E-state index in [0.29, 0.717) is 50.3 Å². The maximum Gasteiger partial charge on any atom is 0.255 e. The summed E-state index contributed by atoms with van der Waals surface area (Å²) >= 11 is 0. The molecule has 0 atom stereocenters. The average molecular weight is 580 g/mol. The number of nitrogens with one attached hydrogen (secondary N) is 2. The lowest BCUT2D eigenvalue weighted by Crippen LogP contribution is -2.39. The Kier molecular flexibility index (Phi) is 9.84. The number of fused-ring (bicyclic) bond motifs is 1. The van der Waals surface area contributed by atoms with E-state index in [-0.39, 0.29) is 37.3 Å². The minimum Gasteiger partial charge on any atom is -0.491 e. The van der Waals surface area contributed by atoms with Crippen molar-refractivity contribution in [3.8, 4) is 28.3 Å². The Labute approximate surface area is 251 Å². The molecule has 2 N–H and O–H groups in total. The minimum absolute atomic E-state index is 0.0486. The number of imidazole rings is 1. The Hall–Kier alpha value is -4.92. The Morgan fingerprint density at radius 3 is 2.42 bits per heavy atom. The van der Waals surface area contributed by atoms with Crippen molar-refractivity contribution in [3.63, 3.8) is 0 Å². The number of benzene rings is 3. The van der Waals surface area contributed by atoms with Crippen LogP contribution in [0.3, 0.4) is 0 Å². The summed E-state index contributed by atoms with van der Waals surface area (Å²) in [5, 5.41) is 5.80. The van der Waals surface area contributed by atoms with Gasteiger partial charge in [-0.3, -0.25) is 14.4 Å². The molecule has 0 saturated heterocycles. The summed E-state index contributed by atoms with van der Waals surface area (Å²) in [6, 6.07) is 25.5. The molecule has 0 bridgehead atoms. The summed E-state index contributed by atoms with van der Waals surface area (Å²) in [5.74, 6) is 0.0602. The molecule has 2 heterocycles. The first kappa shape index (κ1) is 29.6. The number of carbonyl (C=O) groups excluding carboxylic acids is 3. The first-order chi connectivity index (χ1) is 21.0. The molecule has 0 spiro atoms. The lowest BCUT2D eigenvalue weighted by Gasteiger charge is -2.23. The highest BCUT2D eigenvalue weighted by Gasteiger charge is 2.20. The van der Waals surface area contributed by atoms with Crippen LogP contribution in [-0.4, -0.2) is 65.0 Å². The third-order valence-corrected chi connectivity index (χ3v) is 7.41. The molecule has 9 heteroatoms. The van der Waals surface area contributed by atoms with Crippen LogP contribution < -0.4 is 15.4 Å². The van der Waals surface area contributed by atoms with E-state index in [1.165, 1.54) is 0 Å². The van der Waals surface area contributed by atoms with Gasteiger partial charge in [0.05, 0.1) is 29.8 Å². The Balaban J connectivity index is 1.31. The summed E-state index contributed by atoms with van der Waals surface area (Å²) in [6.45, 7) is 3.97. The molecule has 1 aliphatic heterocycles. The highest BCUT2D eigenvalue weighted by Crippen LogP contribution is 2.31. The molecule has 4 aromatic rings.